The van der Waals surface area contributed by atoms with Crippen molar-refractivity contribution in [3.63, 3.8) is 0 Å². The second-order valence-electron chi connectivity index (χ2n) is 16.6. The van der Waals surface area contributed by atoms with Crippen LogP contribution in [0.3, 0.4) is 0 Å². The molecule has 8 rings (SSSR count). The first-order valence-electron chi connectivity index (χ1n) is 21.1. The minimum atomic E-state index is -2.61. The van der Waals surface area contributed by atoms with Gasteiger partial charge in [0.2, 0.25) is 17.5 Å². The predicted octanol–water partition coefficient (Wildman–Crippen LogP) is 5.95. The van der Waals surface area contributed by atoms with Gasteiger partial charge < -0.3 is 55.1 Å². The summed E-state index contributed by atoms with van der Waals surface area (Å²) < 4.78 is 24.1. The van der Waals surface area contributed by atoms with E-state index >= 15 is 0 Å². The number of aliphatic hydroxyl groups excluding tert-OH is 1. The number of phenolic OH excluding ortho intramolecular Hbond substituents is 1. The van der Waals surface area contributed by atoms with Gasteiger partial charge in [-0.3, -0.25) is 14.4 Å². The van der Waals surface area contributed by atoms with Crippen LogP contribution in [0.2, 0.25) is 0 Å². The van der Waals surface area contributed by atoms with E-state index in [0.29, 0.717) is 18.1 Å². The van der Waals surface area contributed by atoms with Crippen LogP contribution in [0.25, 0.3) is 27.7 Å². The lowest BCUT2D eigenvalue weighted by atomic mass is 9.73. The number of primary amides is 1. The molecule has 2 fully saturated rings. The second-order valence-corrected chi connectivity index (χ2v) is 19.1. The number of H-pyrrole nitrogens is 1. The number of aldehydes is 1. The van der Waals surface area contributed by atoms with Crippen molar-refractivity contribution >= 4 is 56.3 Å². The molecule has 2 saturated heterocycles. The molecule has 0 bridgehead atoms. The lowest BCUT2D eigenvalue weighted by Crippen LogP contribution is -2.80. The van der Waals surface area contributed by atoms with E-state index in [9.17, 15) is 39.6 Å². The number of phenols is 1. The van der Waals surface area contributed by atoms with E-state index in [1.54, 1.807) is 0 Å². The summed E-state index contributed by atoms with van der Waals surface area (Å²) in [5, 5.41) is 48.0. The van der Waals surface area contributed by atoms with E-state index in [1.807, 2.05) is 30.6 Å². The second kappa shape index (κ2) is 19.1. The third kappa shape index (κ3) is 8.77. The number of β-amino-alcohol motifs (C(OH)–C–C–N with tert-alkyl or cyclic N) is 1. The van der Waals surface area contributed by atoms with Gasteiger partial charge in [-0.05, 0) is 94.8 Å². The van der Waals surface area contributed by atoms with Gasteiger partial charge in [-0.25, -0.2) is 4.79 Å². The van der Waals surface area contributed by atoms with Crippen molar-refractivity contribution in [1.29, 1.82) is 0 Å². The van der Waals surface area contributed by atoms with Gasteiger partial charge in [0.05, 0.1) is 10.9 Å². The quantitative estimate of drug-likeness (QED) is 0.0632. The first-order valence-corrected chi connectivity index (χ1v) is 23.6. The van der Waals surface area contributed by atoms with Gasteiger partial charge in [-0.15, -0.1) is 0 Å². The third-order valence-electron chi connectivity index (χ3n) is 12.8. The highest BCUT2D eigenvalue weighted by atomic mass is 33.1. The largest absolute Gasteiger partial charge is 0.508 e. The molecule has 9 atom stereocenters. The van der Waals surface area contributed by atoms with Crippen molar-refractivity contribution in [3.05, 3.63) is 136 Å². The van der Waals surface area contributed by atoms with Crippen LogP contribution in [-0.4, -0.2) is 98.1 Å². The number of allylic oxidation sites excluding steroid dienone is 4. The van der Waals surface area contributed by atoms with Crippen molar-refractivity contribution in [2.75, 3.05) is 24.8 Å². The van der Waals surface area contributed by atoms with Gasteiger partial charge in [0.1, 0.15) is 29.1 Å². The molecule has 0 saturated carbocycles. The Hall–Kier alpha value is -5.66. The minimum absolute atomic E-state index is 0.00231. The zero-order chi connectivity index (χ0) is 46.0. The van der Waals surface area contributed by atoms with E-state index in [-0.39, 0.29) is 70.1 Å². The number of hydrogen-bond donors (Lipinski definition) is 7. The highest BCUT2D eigenvalue weighted by Gasteiger charge is 2.69. The number of aliphatic hydroxyl groups is 2. The lowest BCUT2D eigenvalue weighted by Gasteiger charge is -2.53. The third-order valence-corrected chi connectivity index (χ3v) is 14.8. The molecule has 3 aromatic carbocycles. The molecule has 8 N–H and O–H groups in total. The molecule has 4 heterocycles. The Morgan fingerprint density at radius 1 is 1.09 bits per heavy atom. The SMILES string of the molecule is CC1C=CC(=CCC(C)C2CNCC3(O)C(Oc4ccc5c(=O)c(-c6ccc(O)cc6)c(C(N)=O)oc5c4)OC(C(=O)O)C(O)C3(C=O)OCSSCC2c2cc[nH]c2)c2ccccc21. The van der Waals surface area contributed by atoms with E-state index in [0.717, 1.165) is 11.1 Å². The molecule has 340 valence electrons. The normalized spacial score (nSPS) is 28.3. The van der Waals surface area contributed by atoms with Crippen LogP contribution < -0.4 is 21.2 Å². The van der Waals surface area contributed by atoms with Crippen molar-refractivity contribution in [2.45, 2.75) is 61.8 Å². The van der Waals surface area contributed by atoms with Crippen LogP contribution in [0.15, 0.2) is 113 Å². The number of nitrogens with two attached hydrogens (primary N) is 1. The molecule has 9 unspecified atom stereocenters. The number of carbonyl (C=O) groups is 3. The number of carboxylic acids is 1. The maximum Gasteiger partial charge on any atom is 0.335 e. The Morgan fingerprint density at radius 3 is 2.60 bits per heavy atom. The molecule has 1 aliphatic carbocycles. The zero-order valence-electron chi connectivity index (χ0n) is 35.4. The van der Waals surface area contributed by atoms with Crippen LogP contribution in [0.1, 0.15) is 59.3 Å². The van der Waals surface area contributed by atoms with Crippen LogP contribution in [0.5, 0.6) is 11.5 Å². The average molecular weight is 924 g/mol. The van der Waals surface area contributed by atoms with Crippen LogP contribution in [0, 0.1) is 11.8 Å². The summed E-state index contributed by atoms with van der Waals surface area (Å²) in [5.41, 5.74) is 4.46. The molecule has 3 aliphatic rings. The first kappa shape index (κ1) is 45.9. The fourth-order valence-electron chi connectivity index (χ4n) is 9.12. The maximum absolute atomic E-state index is 13.8. The molecule has 5 aromatic rings. The number of aliphatic carboxylic acids is 1. The van der Waals surface area contributed by atoms with Gasteiger partial charge in [-0.2, -0.15) is 0 Å². The Morgan fingerprint density at radius 2 is 1.88 bits per heavy atom. The Labute approximate surface area is 381 Å². The van der Waals surface area contributed by atoms with Crippen LogP contribution in [-0.2, 0) is 19.1 Å². The fourth-order valence-corrected chi connectivity index (χ4v) is 11.2. The topological polar surface area (TPSA) is 244 Å². The number of carboxylic acid groups (broad SMARTS) is 1. The highest BCUT2D eigenvalue weighted by molar-refractivity contribution is 8.76. The Kier molecular flexibility index (Phi) is 13.5. The van der Waals surface area contributed by atoms with E-state index < -0.39 is 59.3 Å². The van der Waals surface area contributed by atoms with E-state index in [1.165, 1.54) is 75.2 Å². The molecule has 65 heavy (non-hydrogen) atoms. The monoisotopic (exact) mass is 923 g/mol. The number of ether oxygens (including phenoxy) is 3. The molecule has 17 heteroatoms. The first-order chi connectivity index (χ1) is 31.3. The van der Waals surface area contributed by atoms with E-state index in [2.05, 4.69) is 54.5 Å². The average Bonchev–Trinajstić information content (AvgIpc) is 3.83. The summed E-state index contributed by atoms with van der Waals surface area (Å²) in [6, 6.07) is 19.8. The van der Waals surface area contributed by atoms with Gasteiger partial charge >= 0.3 is 5.97 Å². The predicted molar refractivity (Wildman–Crippen MR) is 246 cm³/mol. The van der Waals surface area contributed by atoms with Crippen molar-refractivity contribution < 1.29 is 53.4 Å². The zero-order valence-corrected chi connectivity index (χ0v) is 37.1. The number of fused-ring (bicyclic) bond motifs is 3. The van der Waals surface area contributed by atoms with Gasteiger partial charge in [0.15, 0.2) is 23.6 Å². The summed E-state index contributed by atoms with van der Waals surface area (Å²) in [7, 11) is 2.73. The Bertz CT molecular complexity index is 2690. The van der Waals surface area contributed by atoms with Crippen LogP contribution in [0.4, 0.5) is 0 Å². The fraction of sp³-hybridized carbons (Fsp3) is 0.333. The minimum Gasteiger partial charge on any atom is -0.508 e. The summed E-state index contributed by atoms with van der Waals surface area (Å²) in [4.78, 5) is 55.7. The standard InChI is InChI=1S/C48H49N3O12S2/c1-26-7-9-28(34-6-4-3-5-33(26)34)10-8-27(2)36-21-51-23-47(59)46(63-42(45(57)58)43(55)48(47,24-52)60-25-65-64-22-37(36)30-17-18-50-20-30)61-32-15-16-35-38(19-32)62-41(44(49)56)39(40(35)54)29-11-13-31(53)14-12-29/h3-7,9-20,24,26-27,36-37,42-43,46,50-51,53,55,59H,8,21-23,25H2,1-2H3,(H2,49,56)(H,57,58). The van der Waals surface area contributed by atoms with Gasteiger partial charge in [-0.1, -0.05) is 90.1 Å². The van der Waals surface area contributed by atoms with Gasteiger partial charge in [0.25, 0.3) is 5.91 Å². The van der Waals surface area contributed by atoms with Gasteiger partial charge in [0, 0.05) is 30.8 Å². The highest BCUT2D eigenvalue weighted by Crippen LogP contribution is 2.45. The smallest absolute Gasteiger partial charge is 0.335 e. The molecule has 1 amide bonds. The van der Waals surface area contributed by atoms with Crippen molar-refractivity contribution in [2.24, 2.45) is 17.6 Å². The number of aromatic amines is 1. The summed E-state index contributed by atoms with van der Waals surface area (Å²) in [6.07, 6.45) is 5.05. The number of hydrogen-bond acceptors (Lipinski definition) is 14. The van der Waals surface area contributed by atoms with Crippen LogP contribution >= 0.6 is 21.6 Å². The maximum atomic E-state index is 13.8. The summed E-state index contributed by atoms with van der Waals surface area (Å²) >= 11 is 0. The molecule has 2 aliphatic heterocycles. The number of rotatable bonds is 10. The molecular weight excluding hydrogens is 875 g/mol. The number of benzene rings is 3. The van der Waals surface area contributed by atoms with E-state index in [4.69, 9.17) is 24.4 Å². The lowest BCUT2D eigenvalue weighted by molar-refractivity contribution is -0.340. The number of aromatic nitrogens is 1. The van der Waals surface area contributed by atoms with Crippen molar-refractivity contribution in [3.8, 4) is 22.6 Å². The summed E-state index contributed by atoms with van der Waals surface area (Å²) in [5.74, 6) is -2.72. The Balaban J connectivity index is 1.15. The summed E-state index contributed by atoms with van der Waals surface area (Å²) in [6.45, 7) is 4.15. The number of nitrogens with one attached hydrogen (secondary N) is 2. The molecule has 15 nitrogen and oxygen atoms in total. The molecule has 0 radical (unpaired) electrons. The number of carbonyl (C=O) groups excluding carboxylic acids is 2. The number of amides is 1. The molecular formula is C48H49N3O12S2. The molecule has 2 aromatic heterocycles. The van der Waals surface area contributed by atoms with Crippen molar-refractivity contribution in [1.82, 2.24) is 10.3 Å². The number of aromatic hydroxyl groups is 1. The molecule has 0 spiro atoms.